The van der Waals surface area contributed by atoms with E-state index in [1.165, 1.54) is 26.4 Å². The normalized spacial score (nSPS) is 9.94. The molecular weight excluding hydrogens is 210 g/mol. The molecule has 0 radical (unpaired) electrons. The minimum atomic E-state index is -0.140. The highest BCUT2D eigenvalue weighted by molar-refractivity contribution is 5.97. The molecule has 0 unspecified atom stereocenters. The average molecular weight is 225 g/mol. The molecule has 5 heteroatoms. The van der Waals surface area contributed by atoms with Gasteiger partial charge in [-0.15, -0.1) is 0 Å². The summed E-state index contributed by atoms with van der Waals surface area (Å²) in [5, 5.41) is 9.63. The van der Waals surface area contributed by atoms with Gasteiger partial charge in [0.2, 0.25) is 5.75 Å². The number of aromatic hydroxyl groups is 1. The summed E-state index contributed by atoms with van der Waals surface area (Å²) in [6.45, 7) is 0.272. The Morgan fingerprint density at radius 3 is 2.56 bits per heavy atom. The Bertz CT molecular complexity index is 390. The monoisotopic (exact) mass is 225 g/mol. The second kappa shape index (κ2) is 5.37. The number of rotatable bonds is 5. The van der Waals surface area contributed by atoms with Crippen LogP contribution in [-0.4, -0.2) is 31.7 Å². The highest BCUT2D eigenvalue weighted by Crippen LogP contribution is 2.37. The van der Waals surface area contributed by atoms with E-state index in [4.69, 9.17) is 15.2 Å². The zero-order valence-corrected chi connectivity index (χ0v) is 9.32. The molecule has 0 heterocycles. The van der Waals surface area contributed by atoms with Gasteiger partial charge in [-0.1, -0.05) is 0 Å². The molecule has 16 heavy (non-hydrogen) atoms. The van der Waals surface area contributed by atoms with Gasteiger partial charge in [0.15, 0.2) is 17.3 Å². The third-order valence-electron chi connectivity index (χ3n) is 2.15. The molecule has 0 atom stereocenters. The quantitative estimate of drug-likeness (QED) is 0.729. The fourth-order valence-electron chi connectivity index (χ4n) is 1.38. The van der Waals surface area contributed by atoms with Crippen molar-refractivity contribution in [3.8, 4) is 17.2 Å². The SMILES string of the molecule is COc1cc(C(=O)CCN)cc(O)c1OC. The number of nitrogens with two attached hydrogens (primary N) is 1. The molecule has 1 aromatic carbocycles. The molecule has 0 saturated carbocycles. The van der Waals surface area contributed by atoms with E-state index in [9.17, 15) is 9.90 Å². The molecule has 0 fully saturated rings. The molecule has 0 amide bonds. The van der Waals surface area contributed by atoms with Gasteiger partial charge in [-0.25, -0.2) is 0 Å². The van der Waals surface area contributed by atoms with E-state index in [-0.39, 0.29) is 30.2 Å². The van der Waals surface area contributed by atoms with Gasteiger partial charge >= 0.3 is 0 Å². The molecule has 0 aromatic heterocycles. The molecule has 0 aliphatic carbocycles. The lowest BCUT2D eigenvalue weighted by atomic mass is 10.1. The molecule has 0 bridgehead atoms. The van der Waals surface area contributed by atoms with Crippen LogP contribution in [0.4, 0.5) is 0 Å². The van der Waals surface area contributed by atoms with Crippen LogP contribution in [0, 0.1) is 0 Å². The van der Waals surface area contributed by atoms with Crippen LogP contribution in [0.3, 0.4) is 0 Å². The van der Waals surface area contributed by atoms with Crippen molar-refractivity contribution in [1.82, 2.24) is 0 Å². The fraction of sp³-hybridized carbons (Fsp3) is 0.364. The number of Topliss-reactive ketones (excluding diaryl/α,β-unsaturated/α-hetero) is 1. The van der Waals surface area contributed by atoms with Crippen LogP contribution < -0.4 is 15.2 Å². The number of ether oxygens (including phenoxy) is 2. The van der Waals surface area contributed by atoms with Gasteiger partial charge < -0.3 is 20.3 Å². The Labute approximate surface area is 93.8 Å². The standard InChI is InChI=1S/C11H15NO4/c1-15-10-6-7(8(13)3-4-12)5-9(14)11(10)16-2/h5-6,14H,3-4,12H2,1-2H3. The number of carbonyl (C=O) groups excluding carboxylic acids is 1. The van der Waals surface area contributed by atoms with Crippen molar-refractivity contribution in [2.24, 2.45) is 5.73 Å². The van der Waals surface area contributed by atoms with Crippen LogP contribution in [0.5, 0.6) is 17.2 Å². The maximum atomic E-state index is 11.6. The fourth-order valence-corrected chi connectivity index (χ4v) is 1.38. The Hall–Kier alpha value is -1.75. The average Bonchev–Trinajstić information content (AvgIpc) is 2.28. The highest BCUT2D eigenvalue weighted by Gasteiger charge is 2.15. The summed E-state index contributed by atoms with van der Waals surface area (Å²) < 4.78 is 9.97. The van der Waals surface area contributed by atoms with Crippen molar-refractivity contribution >= 4 is 5.78 Å². The molecule has 1 rings (SSSR count). The Kier molecular flexibility index (Phi) is 4.13. The predicted octanol–water partition coefficient (Wildman–Crippen LogP) is 0.941. The van der Waals surface area contributed by atoms with E-state index in [1.54, 1.807) is 0 Å². The van der Waals surface area contributed by atoms with Crippen molar-refractivity contribution in [2.45, 2.75) is 6.42 Å². The van der Waals surface area contributed by atoms with Crippen molar-refractivity contribution in [3.05, 3.63) is 17.7 Å². The number of phenols is 1. The summed E-state index contributed by atoms with van der Waals surface area (Å²) in [7, 11) is 2.85. The van der Waals surface area contributed by atoms with E-state index in [2.05, 4.69) is 0 Å². The number of hydrogen-bond acceptors (Lipinski definition) is 5. The van der Waals surface area contributed by atoms with Crippen LogP contribution in [0.1, 0.15) is 16.8 Å². The number of phenolic OH excluding ortho intramolecular Hbond substituents is 1. The first-order valence-electron chi connectivity index (χ1n) is 4.82. The summed E-state index contributed by atoms with van der Waals surface area (Å²) in [6.07, 6.45) is 0.231. The highest BCUT2D eigenvalue weighted by atomic mass is 16.5. The van der Waals surface area contributed by atoms with Gasteiger partial charge in [0.25, 0.3) is 0 Å². The van der Waals surface area contributed by atoms with Gasteiger partial charge in [0.1, 0.15) is 0 Å². The van der Waals surface area contributed by atoms with E-state index in [0.717, 1.165) is 0 Å². The van der Waals surface area contributed by atoms with Crippen LogP contribution in [0.2, 0.25) is 0 Å². The van der Waals surface area contributed by atoms with Gasteiger partial charge in [-0.05, 0) is 18.7 Å². The lowest BCUT2D eigenvalue weighted by Crippen LogP contribution is -2.08. The van der Waals surface area contributed by atoms with E-state index in [1.807, 2.05) is 0 Å². The second-order valence-corrected chi connectivity index (χ2v) is 3.19. The molecule has 1 aromatic rings. The van der Waals surface area contributed by atoms with E-state index < -0.39 is 0 Å². The summed E-state index contributed by atoms with van der Waals surface area (Å²) in [5.41, 5.74) is 5.65. The number of hydrogen-bond donors (Lipinski definition) is 2. The maximum absolute atomic E-state index is 11.6. The zero-order valence-electron chi connectivity index (χ0n) is 9.32. The van der Waals surface area contributed by atoms with Crippen molar-refractivity contribution in [2.75, 3.05) is 20.8 Å². The first-order valence-corrected chi connectivity index (χ1v) is 4.82. The predicted molar refractivity (Wildman–Crippen MR) is 59.2 cm³/mol. The number of methoxy groups -OCH3 is 2. The van der Waals surface area contributed by atoms with Crippen molar-refractivity contribution in [3.63, 3.8) is 0 Å². The van der Waals surface area contributed by atoms with Gasteiger partial charge in [-0.2, -0.15) is 0 Å². The first-order chi connectivity index (χ1) is 7.63. The number of ketones is 1. The molecule has 3 N–H and O–H groups in total. The second-order valence-electron chi connectivity index (χ2n) is 3.19. The Balaban J connectivity index is 3.15. The zero-order chi connectivity index (χ0) is 12.1. The van der Waals surface area contributed by atoms with Crippen molar-refractivity contribution < 1.29 is 19.4 Å². The Morgan fingerprint density at radius 2 is 2.06 bits per heavy atom. The molecule has 0 saturated heterocycles. The molecule has 0 aliphatic heterocycles. The maximum Gasteiger partial charge on any atom is 0.203 e. The van der Waals surface area contributed by atoms with Crippen LogP contribution in [-0.2, 0) is 0 Å². The summed E-state index contributed by atoms with van der Waals surface area (Å²) in [6, 6.07) is 2.87. The Morgan fingerprint density at radius 1 is 1.38 bits per heavy atom. The third kappa shape index (κ3) is 2.43. The summed E-state index contributed by atoms with van der Waals surface area (Å²) in [5.74, 6) is 0.274. The topological polar surface area (TPSA) is 81.8 Å². The van der Waals surface area contributed by atoms with Crippen LogP contribution in [0.25, 0.3) is 0 Å². The van der Waals surface area contributed by atoms with Gasteiger partial charge in [-0.3, -0.25) is 4.79 Å². The van der Waals surface area contributed by atoms with E-state index in [0.29, 0.717) is 11.3 Å². The summed E-state index contributed by atoms with van der Waals surface area (Å²) >= 11 is 0. The number of carbonyl (C=O) groups is 1. The van der Waals surface area contributed by atoms with Crippen LogP contribution in [0.15, 0.2) is 12.1 Å². The van der Waals surface area contributed by atoms with Gasteiger partial charge in [0.05, 0.1) is 14.2 Å². The molecule has 88 valence electrons. The lowest BCUT2D eigenvalue weighted by Gasteiger charge is -2.10. The largest absolute Gasteiger partial charge is 0.504 e. The summed E-state index contributed by atoms with van der Waals surface area (Å²) in [4.78, 5) is 11.6. The minimum Gasteiger partial charge on any atom is -0.504 e. The number of benzene rings is 1. The van der Waals surface area contributed by atoms with Crippen LogP contribution >= 0.6 is 0 Å². The molecular formula is C11H15NO4. The molecule has 0 aliphatic rings. The van der Waals surface area contributed by atoms with E-state index >= 15 is 0 Å². The van der Waals surface area contributed by atoms with Gasteiger partial charge in [0, 0.05) is 12.0 Å². The molecule has 0 spiro atoms. The minimum absolute atomic E-state index is 0.123. The molecule has 5 nitrogen and oxygen atoms in total. The first kappa shape index (κ1) is 12.3. The van der Waals surface area contributed by atoms with Crippen molar-refractivity contribution in [1.29, 1.82) is 0 Å². The lowest BCUT2D eigenvalue weighted by molar-refractivity contribution is 0.0984. The third-order valence-corrected chi connectivity index (χ3v) is 2.15. The smallest absolute Gasteiger partial charge is 0.203 e.